The van der Waals surface area contributed by atoms with Crippen LogP contribution in [0.1, 0.15) is 65.2 Å². The third-order valence-corrected chi connectivity index (χ3v) is 3.61. The standard InChI is InChI=1S/C14H26O3/c1-3-4-5-8-13(16)17-11-14(2)9-6-7-12(15)10-14/h12,15H,3-11H2,1-2H3. The summed E-state index contributed by atoms with van der Waals surface area (Å²) in [6.07, 6.45) is 7.18. The maximum absolute atomic E-state index is 11.5. The molecule has 1 aliphatic carbocycles. The summed E-state index contributed by atoms with van der Waals surface area (Å²) in [5, 5.41) is 9.64. The molecule has 0 aromatic carbocycles. The highest BCUT2D eigenvalue weighted by Crippen LogP contribution is 2.36. The molecule has 1 N–H and O–H groups in total. The number of ether oxygens (including phenoxy) is 1. The van der Waals surface area contributed by atoms with Crippen molar-refractivity contribution < 1.29 is 14.6 Å². The molecule has 0 aromatic rings. The zero-order chi connectivity index (χ0) is 12.7. The van der Waals surface area contributed by atoms with Crippen LogP contribution in [-0.2, 0) is 9.53 Å². The summed E-state index contributed by atoms with van der Waals surface area (Å²) >= 11 is 0. The minimum atomic E-state index is -0.215. The average molecular weight is 242 g/mol. The van der Waals surface area contributed by atoms with E-state index in [4.69, 9.17) is 4.74 Å². The van der Waals surface area contributed by atoms with Crippen LogP contribution in [0.3, 0.4) is 0 Å². The average Bonchev–Trinajstić information content (AvgIpc) is 2.27. The van der Waals surface area contributed by atoms with Crippen LogP contribution in [0.25, 0.3) is 0 Å². The van der Waals surface area contributed by atoms with Crippen molar-refractivity contribution >= 4 is 5.97 Å². The molecular weight excluding hydrogens is 216 g/mol. The van der Waals surface area contributed by atoms with E-state index in [9.17, 15) is 9.90 Å². The topological polar surface area (TPSA) is 46.5 Å². The highest BCUT2D eigenvalue weighted by molar-refractivity contribution is 5.69. The van der Waals surface area contributed by atoms with Crippen molar-refractivity contribution in [2.45, 2.75) is 71.3 Å². The molecule has 100 valence electrons. The normalized spacial score (nSPS) is 29.0. The smallest absolute Gasteiger partial charge is 0.305 e. The van der Waals surface area contributed by atoms with E-state index < -0.39 is 0 Å². The van der Waals surface area contributed by atoms with Gasteiger partial charge in [0.15, 0.2) is 0 Å². The maximum Gasteiger partial charge on any atom is 0.305 e. The lowest BCUT2D eigenvalue weighted by Gasteiger charge is -2.35. The van der Waals surface area contributed by atoms with Crippen LogP contribution in [0.2, 0.25) is 0 Å². The molecule has 1 aliphatic rings. The summed E-state index contributed by atoms with van der Waals surface area (Å²) in [6, 6.07) is 0. The molecular formula is C14H26O3. The number of hydrogen-bond acceptors (Lipinski definition) is 3. The fraction of sp³-hybridized carbons (Fsp3) is 0.929. The predicted molar refractivity (Wildman–Crippen MR) is 67.7 cm³/mol. The van der Waals surface area contributed by atoms with Crippen molar-refractivity contribution in [1.29, 1.82) is 0 Å². The number of carbonyl (C=O) groups excluding carboxylic acids is 1. The van der Waals surface area contributed by atoms with E-state index in [0.29, 0.717) is 13.0 Å². The molecule has 0 spiro atoms. The number of aliphatic hydroxyl groups is 1. The van der Waals surface area contributed by atoms with Crippen molar-refractivity contribution in [1.82, 2.24) is 0 Å². The number of aliphatic hydroxyl groups excluding tert-OH is 1. The largest absolute Gasteiger partial charge is 0.465 e. The van der Waals surface area contributed by atoms with Gasteiger partial charge < -0.3 is 9.84 Å². The van der Waals surface area contributed by atoms with E-state index in [2.05, 4.69) is 13.8 Å². The third-order valence-electron chi connectivity index (χ3n) is 3.61. The van der Waals surface area contributed by atoms with Gasteiger partial charge in [-0.2, -0.15) is 0 Å². The predicted octanol–water partition coefficient (Wildman–Crippen LogP) is 3.05. The second-order valence-electron chi connectivity index (χ2n) is 5.68. The van der Waals surface area contributed by atoms with Crippen molar-refractivity contribution in [2.75, 3.05) is 6.61 Å². The summed E-state index contributed by atoms with van der Waals surface area (Å²) in [7, 11) is 0. The van der Waals surface area contributed by atoms with Gasteiger partial charge in [0.2, 0.25) is 0 Å². The Morgan fingerprint density at radius 1 is 1.47 bits per heavy atom. The Morgan fingerprint density at radius 3 is 2.88 bits per heavy atom. The van der Waals surface area contributed by atoms with Crippen LogP contribution in [0.4, 0.5) is 0 Å². The molecule has 0 saturated heterocycles. The number of hydrogen-bond donors (Lipinski definition) is 1. The lowest BCUT2D eigenvalue weighted by Crippen LogP contribution is -2.33. The van der Waals surface area contributed by atoms with Gasteiger partial charge in [-0.3, -0.25) is 4.79 Å². The summed E-state index contributed by atoms with van der Waals surface area (Å²) in [5.74, 6) is -0.0836. The molecule has 1 saturated carbocycles. The molecule has 0 heterocycles. The molecule has 0 bridgehead atoms. The second-order valence-corrected chi connectivity index (χ2v) is 5.68. The first-order chi connectivity index (χ1) is 8.06. The Bertz CT molecular complexity index is 240. The minimum Gasteiger partial charge on any atom is -0.465 e. The van der Waals surface area contributed by atoms with Gasteiger partial charge in [-0.15, -0.1) is 0 Å². The van der Waals surface area contributed by atoms with Crippen molar-refractivity contribution in [3.63, 3.8) is 0 Å². The monoisotopic (exact) mass is 242 g/mol. The van der Waals surface area contributed by atoms with Crippen LogP contribution in [0, 0.1) is 5.41 Å². The molecule has 3 nitrogen and oxygen atoms in total. The number of rotatable bonds is 6. The summed E-state index contributed by atoms with van der Waals surface area (Å²) < 4.78 is 5.33. The Hall–Kier alpha value is -0.570. The van der Waals surface area contributed by atoms with Crippen molar-refractivity contribution in [3.8, 4) is 0 Å². The number of esters is 1. The molecule has 0 radical (unpaired) electrons. The lowest BCUT2D eigenvalue weighted by molar-refractivity contribution is -0.148. The van der Waals surface area contributed by atoms with Crippen LogP contribution >= 0.6 is 0 Å². The van der Waals surface area contributed by atoms with Gasteiger partial charge in [-0.05, 0) is 25.7 Å². The van der Waals surface area contributed by atoms with E-state index in [1.807, 2.05) is 0 Å². The first kappa shape index (κ1) is 14.5. The van der Waals surface area contributed by atoms with E-state index in [-0.39, 0.29) is 17.5 Å². The van der Waals surface area contributed by atoms with E-state index in [1.54, 1.807) is 0 Å². The second kappa shape index (κ2) is 7.00. The third kappa shape index (κ3) is 5.53. The zero-order valence-corrected chi connectivity index (χ0v) is 11.2. The van der Waals surface area contributed by atoms with Gasteiger partial charge >= 0.3 is 5.97 Å². The first-order valence-corrected chi connectivity index (χ1v) is 6.89. The molecule has 2 unspecified atom stereocenters. The fourth-order valence-corrected chi connectivity index (χ4v) is 2.51. The Kier molecular flexibility index (Phi) is 5.96. The van der Waals surface area contributed by atoms with Crippen molar-refractivity contribution in [2.24, 2.45) is 5.41 Å². The van der Waals surface area contributed by atoms with Gasteiger partial charge in [0, 0.05) is 11.8 Å². The molecule has 0 aliphatic heterocycles. The molecule has 1 fully saturated rings. The van der Waals surface area contributed by atoms with Gasteiger partial charge in [-0.25, -0.2) is 0 Å². The SMILES string of the molecule is CCCCCC(=O)OCC1(C)CCCC(O)C1. The fourth-order valence-electron chi connectivity index (χ4n) is 2.51. The highest BCUT2D eigenvalue weighted by atomic mass is 16.5. The van der Waals surface area contributed by atoms with Gasteiger partial charge in [0.1, 0.15) is 0 Å². The Balaban J connectivity index is 2.21. The number of unbranched alkanes of at least 4 members (excludes halogenated alkanes) is 2. The molecule has 1 rings (SSSR count). The van der Waals surface area contributed by atoms with Crippen LogP contribution in [0.15, 0.2) is 0 Å². The molecule has 0 amide bonds. The minimum absolute atomic E-state index is 0.0158. The van der Waals surface area contributed by atoms with E-state index in [0.717, 1.165) is 44.9 Å². The molecule has 3 heteroatoms. The summed E-state index contributed by atoms with van der Waals surface area (Å²) in [5.41, 5.74) is -0.0158. The first-order valence-electron chi connectivity index (χ1n) is 6.89. The summed E-state index contributed by atoms with van der Waals surface area (Å²) in [4.78, 5) is 11.5. The zero-order valence-electron chi connectivity index (χ0n) is 11.2. The van der Waals surface area contributed by atoms with Crippen LogP contribution < -0.4 is 0 Å². The van der Waals surface area contributed by atoms with Crippen LogP contribution in [0.5, 0.6) is 0 Å². The summed E-state index contributed by atoms with van der Waals surface area (Å²) in [6.45, 7) is 4.69. The van der Waals surface area contributed by atoms with Gasteiger partial charge in [-0.1, -0.05) is 33.1 Å². The quantitative estimate of drug-likeness (QED) is 0.575. The lowest BCUT2D eigenvalue weighted by atomic mass is 9.75. The number of carbonyl (C=O) groups is 1. The Labute approximate surface area is 105 Å². The molecule has 2 atom stereocenters. The van der Waals surface area contributed by atoms with Gasteiger partial charge in [0.25, 0.3) is 0 Å². The Morgan fingerprint density at radius 2 is 2.24 bits per heavy atom. The van der Waals surface area contributed by atoms with Crippen molar-refractivity contribution in [3.05, 3.63) is 0 Å². The van der Waals surface area contributed by atoms with E-state index >= 15 is 0 Å². The maximum atomic E-state index is 11.5. The molecule has 0 aromatic heterocycles. The molecule has 17 heavy (non-hydrogen) atoms. The van der Waals surface area contributed by atoms with Gasteiger partial charge in [0.05, 0.1) is 12.7 Å². The van der Waals surface area contributed by atoms with E-state index in [1.165, 1.54) is 0 Å². The van der Waals surface area contributed by atoms with Crippen LogP contribution in [-0.4, -0.2) is 23.8 Å². The highest BCUT2D eigenvalue weighted by Gasteiger charge is 2.32.